The summed E-state index contributed by atoms with van der Waals surface area (Å²) in [5, 5.41) is 10.7. The minimum Gasteiger partial charge on any atom is -0.550 e. The molecule has 1 aromatic rings. The molecule has 0 spiro atoms. The second-order valence-corrected chi connectivity index (χ2v) is 4.67. The van der Waals surface area contributed by atoms with Crippen LogP contribution in [-0.4, -0.2) is 30.5 Å². The van der Waals surface area contributed by atoms with Crippen molar-refractivity contribution < 1.29 is 28.8 Å². The fourth-order valence-electron chi connectivity index (χ4n) is 2.32. The number of benzene rings is 1. The number of carboxylic acids is 1. The van der Waals surface area contributed by atoms with Gasteiger partial charge in [0.2, 0.25) is 0 Å². The van der Waals surface area contributed by atoms with Gasteiger partial charge in [-0.25, -0.2) is 0 Å². The summed E-state index contributed by atoms with van der Waals surface area (Å²) < 4.78 is 0. The first kappa shape index (κ1) is 15.3. The maximum atomic E-state index is 10.7. The molecular weight excluding hydrogens is 221 g/mol. The molecule has 0 bridgehead atoms. The Morgan fingerprint density at radius 1 is 1.22 bits per heavy atom. The quantitative estimate of drug-likeness (QED) is 0.555. The molecule has 18 heavy (non-hydrogen) atoms. The normalized spacial score (nSPS) is 17.1. The van der Waals surface area contributed by atoms with Crippen molar-refractivity contribution >= 4 is 5.97 Å². The van der Waals surface area contributed by atoms with Crippen molar-refractivity contribution in [2.75, 3.05) is 19.6 Å². The molecule has 1 heterocycles. The Labute approximate surface area is 120 Å². The van der Waals surface area contributed by atoms with E-state index in [1.165, 1.54) is 5.56 Å². The van der Waals surface area contributed by atoms with E-state index in [0.29, 0.717) is 0 Å². The summed E-state index contributed by atoms with van der Waals surface area (Å²) in [5.41, 5.74) is 1.34. The van der Waals surface area contributed by atoms with E-state index in [9.17, 15) is 9.90 Å². The second kappa shape index (κ2) is 7.63. The van der Waals surface area contributed by atoms with Gasteiger partial charge in [0.15, 0.2) is 0 Å². The zero-order chi connectivity index (χ0) is 12.1. The SMILES string of the molecule is O=C([O-])C1CCN(CCc2ccccc2)CC1.[Li+]. The first-order valence-electron chi connectivity index (χ1n) is 6.23. The van der Waals surface area contributed by atoms with Crippen LogP contribution in [0.25, 0.3) is 0 Å². The second-order valence-electron chi connectivity index (χ2n) is 4.67. The van der Waals surface area contributed by atoms with Crippen LogP contribution in [0.15, 0.2) is 30.3 Å². The predicted octanol–water partition coefficient (Wildman–Crippen LogP) is -2.30. The molecule has 3 nitrogen and oxygen atoms in total. The number of rotatable bonds is 4. The van der Waals surface area contributed by atoms with Gasteiger partial charge >= 0.3 is 18.9 Å². The van der Waals surface area contributed by atoms with Crippen molar-refractivity contribution in [3.63, 3.8) is 0 Å². The van der Waals surface area contributed by atoms with Crippen LogP contribution in [0.2, 0.25) is 0 Å². The summed E-state index contributed by atoms with van der Waals surface area (Å²) in [6.07, 6.45) is 2.51. The molecule has 0 radical (unpaired) electrons. The molecule has 4 heteroatoms. The Balaban J connectivity index is 0.00000162. The molecule has 0 unspecified atom stereocenters. The van der Waals surface area contributed by atoms with Gasteiger partial charge in [0.25, 0.3) is 0 Å². The molecule has 92 valence electrons. The number of hydrogen-bond acceptors (Lipinski definition) is 3. The molecule has 1 aliphatic rings. The number of aliphatic carboxylic acids is 1. The summed E-state index contributed by atoms with van der Waals surface area (Å²) in [4.78, 5) is 13.1. The molecule has 0 N–H and O–H groups in total. The zero-order valence-corrected chi connectivity index (χ0v) is 11.0. The van der Waals surface area contributed by atoms with Crippen molar-refractivity contribution in [2.24, 2.45) is 5.92 Å². The fraction of sp³-hybridized carbons (Fsp3) is 0.500. The minimum atomic E-state index is -0.882. The Kier molecular flexibility index (Phi) is 6.49. The molecule has 0 aliphatic carbocycles. The average Bonchev–Trinajstić information content (AvgIpc) is 2.38. The molecule has 1 aliphatic heterocycles. The first-order chi connectivity index (χ1) is 8.25. The zero-order valence-electron chi connectivity index (χ0n) is 11.0. The monoisotopic (exact) mass is 239 g/mol. The molecule has 0 amide bonds. The number of carbonyl (C=O) groups is 1. The summed E-state index contributed by atoms with van der Waals surface area (Å²) in [6.45, 7) is 2.78. The maximum absolute atomic E-state index is 10.7. The van der Waals surface area contributed by atoms with E-state index in [1.807, 2.05) is 6.07 Å². The van der Waals surface area contributed by atoms with E-state index in [2.05, 4.69) is 29.2 Å². The average molecular weight is 239 g/mol. The Bertz CT molecular complexity index is 361. The van der Waals surface area contributed by atoms with Crippen LogP contribution in [-0.2, 0) is 11.2 Å². The molecule has 1 fully saturated rings. The first-order valence-corrected chi connectivity index (χ1v) is 6.23. The van der Waals surface area contributed by atoms with Crippen LogP contribution in [0, 0.1) is 5.92 Å². The van der Waals surface area contributed by atoms with E-state index in [4.69, 9.17) is 0 Å². The Hall–Kier alpha value is -0.753. The van der Waals surface area contributed by atoms with Crippen molar-refractivity contribution in [3.8, 4) is 0 Å². The van der Waals surface area contributed by atoms with Crippen molar-refractivity contribution in [1.82, 2.24) is 4.90 Å². The third kappa shape index (κ3) is 4.49. The fourth-order valence-corrected chi connectivity index (χ4v) is 2.32. The standard InChI is InChI=1S/C14H19NO2.Li/c16-14(17)13-7-10-15(11-8-13)9-6-12-4-2-1-3-5-12;/h1-5,13H,6-11H2,(H,16,17);/q;+1/p-1. The van der Waals surface area contributed by atoms with E-state index in [1.54, 1.807) is 0 Å². The number of carbonyl (C=O) groups excluding carboxylic acids is 1. The number of likely N-dealkylation sites (tertiary alicyclic amines) is 1. The molecule has 1 saturated heterocycles. The number of carboxylic acid groups (broad SMARTS) is 1. The Morgan fingerprint density at radius 2 is 1.83 bits per heavy atom. The molecule has 1 aromatic carbocycles. The van der Waals surface area contributed by atoms with Gasteiger partial charge in [0.05, 0.1) is 0 Å². The van der Waals surface area contributed by atoms with Crippen molar-refractivity contribution in [3.05, 3.63) is 35.9 Å². The molecule has 0 aromatic heterocycles. The van der Waals surface area contributed by atoms with Gasteiger partial charge in [-0.15, -0.1) is 0 Å². The largest absolute Gasteiger partial charge is 1.00 e. The van der Waals surface area contributed by atoms with Gasteiger partial charge in [0, 0.05) is 18.4 Å². The van der Waals surface area contributed by atoms with Gasteiger partial charge in [-0.1, -0.05) is 30.3 Å². The molecular formula is C14H18LiNO2. The van der Waals surface area contributed by atoms with Gasteiger partial charge in [0.1, 0.15) is 0 Å². The maximum Gasteiger partial charge on any atom is 1.00 e. The Morgan fingerprint density at radius 3 is 2.39 bits per heavy atom. The van der Waals surface area contributed by atoms with Crippen LogP contribution >= 0.6 is 0 Å². The van der Waals surface area contributed by atoms with Gasteiger partial charge in [-0.05, 0) is 37.9 Å². The van der Waals surface area contributed by atoms with Crippen LogP contribution in [0.3, 0.4) is 0 Å². The van der Waals surface area contributed by atoms with Crippen molar-refractivity contribution in [1.29, 1.82) is 0 Å². The van der Waals surface area contributed by atoms with Crippen molar-refractivity contribution in [2.45, 2.75) is 19.3 Å². The molecule has 2 rings (SSSR count). The van der Waals surface area contributed by atoms with E-state index in [0.717, 1.165) is 38.9 Å². The number of nitrogens with zero attached hydrogens (tertiary/aromatic N) is 1. The number of hydrogen-bond donors (Lipinski definition) is 0. The van der Waals surface area contributed by atoms with Gasteiger partial charge < -0.3 is 14.8 Å². The van der Waals surface area contributed by atoms with E-state index < -0.39 is 5.97 Å². The molecule has 0 saturated carbocycles. The van der Waals surface area contributed by atoms with Crippen LogP contribution in [0.4, 0.5) is 0 Å². The topological polar surface area (TPSA) is 43.4 Å². The third-order valence-electron chi connectivity index (χ3n) is 3.48. The minimum absolute atomic E-state index is 0. The van der Waals surface area contributed by atoms with Gasteiger partial charge in [-0.2, -0.15) is 0 Å². The summed E-state index contributed by atoms with van der Waals surface area (Å²) in [5.74, 6) is -1.12. The third-order valence-corrected chi connectivity index (χ3v) is 3.48. The smallest absolute Gasteiger partial charge is 0.550 e. The van der Waals surface area contributed by atoms with E-state index in [-0.39, 0.29) is 24.8 Å². The summed E-state index contributed by atoms with van der Waals surface area (Å²) >= 11 is 0. The van der Waals surface area contributed by atoms with Crippen LogP contribution in [0.1, 0.15) is 18.4 Å². The number of piperidine rings is 1. The molecule has 0 atom stereocenters. The van der Waals surface area contributed by atoms with Crippen LogP contribution < -0.4 is 24.0 Å². The summed E-state index contributed by atoms with van der Waals surface area (Å²) in [6, 6.07) is 10.4. The van der Waals surface area contributed by atoms with Crippen LogP contribution in [0.5, 0.6) is 0 Å². The van der Waals surface area contributed by atoms with Gasteiger partial charge in [-0.3, -0.25) is 0 Å². The van der Waals surface area contributed by atoms with E-state index >= 15 is 0 Å². The predicted molar refractivity (Wildman–Crippen MR) is 64.3 cm³/mol. The summed E-state index contributed by atoms with van der Waals surface area (Å²) in [7, 11) is 0.